The van der Waals surface area contributed by atoms with Crippen LogP contribution in [0.3, 0.4) is 0 Å². The molecule has 3 heterocycles. The number of nitrogens with zero attached hydrogens (tertiary/aromatic N) is 4. The minimum Gasteiger partial charge on any atom is -0.383 e. The summed E-state index contributed by atoms with van der Waals surface area (Å²) in [5.74, 6) is 1.18. The molecule has 9 heteroatoms. The van der Waals surface area contributed by atoms with Crippen LogP contribution in [-0.2, 0) is 10.9 Å². The Morgan fingerprint density at radius 1 is 1.12 bits per heavy atom. The lowest BCUT2D eigenvalue weighted by Crippen LogP contribution is -2.36. The van der Waals surface area contributed by atoms with Crippen molar-refractivity contribution in [3.8, 4) is 11.3 Å². The predicted octanol–water partition coefficient (Wildman–Crippen LogP) is 4.34. The van der Waals surface area contributed by atoms with Gasteiger partial charge < -0.3 is 10.5 Å². The number of alkyl halides is 3. The summed E-state index contributed by atoms with van der Waals surface area (Å²) in [6.07, 6.45) is 0.281. The van der Waals surface area contributed by atoms with Crippen molar-refractivity contribution in [3.63, 3.8) is 0 Å². The van der Waals surface area contributed by atoms with Gasteiger partial charge in [0, 0.05) is 55.2 Å². The van der Waals surface area contributed by atoms with Crippen molar-refractivity contribution in [2.75, 3.05) is 32.0 Å². The van der Waals surface area contributed by atoms with E-state index in [4.69, 9.17) is 10.5 Å². The summed E-state index contributed by atoms with van der Waals surface area (Å²) in [5, 5.41) is 4.68. The molecule has 0 amide bonds. The summed E-state index contributed by atoms with van der Waals surface area (Å²) in [6.45, 7) is 7.89. The second kappa shape index (κ2) is 8.02. The second-order valence-corrected chi connectivity index (χ2v) is 9.63. The van der Waals surface area contributed by atoms with Crippen molar-refractivity contribution in [2.24, 2.45) is 11.8 Å². The third-order valence-corrected chi connectivity index (χ3v) is 7.31. The van der Waals surface area contributed by atoms with Crippen LogP contribution in [0.4, 0.5) is 19.0 Å². The van der Waals surface area contributed by atoms with Crippen molar-refractivity contribution in [1.29, 1.82) is 0 Å². The van der Waals surface area contributed by atoms with Gasteiger partial charge in [-0.3, -0.25) is 9.58 Å². The van der Waals surface area contributed by atoms with Gasteiger partial charge in [-0.25, -0.2) is 4.98 Å². The van der Waals surface area contributed by atoms with Crippen molar-refractivity contribution in [1.82, 2.24) is 19.7 Å². The van der Waals surface area contributed by atoms with Crippen LogP contribution in [-0.4, -0.2) is 52.0 Å². The lowest BCUT2D eigenvalue weighted by atomic mass is 10.0. The summed E-state index contributed by atoms with van der Waals surface area (Å²) >= 11 is 0. The van der Waals surface area contributed by atoms with E-state index >= 15 is 0 Å². The minimum atomic E-state index is -4.54. The number of ether oxygens (including phenoxy) is 1. The molecule has 2 aromatic heterocycles. The quantitative estimate of drug-likeness (QED) is 0.752. The lowest BCUT2D eigenvalue weighted by Gasteiger charge is -2.28. The Morgan fingerprint density at radius 2 is 1.88 bits per heavy atom. The fourth-order valence-corrected chi connectivity index (χ4v) is 5.73. The number of anilines is 1. The molecule has 0 spiro atoms. The molecule has 1 aliphatic heterocycles. The first-order valence-electron chi connectivity index (χ1n) is 11.5. The zero-order valence-corrected chi connectivity index (χ0v) is 18.5. The van der Waals surface area contributed by atoms with E-state index in [-0.39, 0.29) is 6.04 Å². The highest BCUT2D eigenvalue weighted by Gasteiger charge is 2.58. The van der Waals surface area contributed by atoms with E-state index in [9.17, 15) is 13.2 Å². The molecular weight excluding hydrogens is 419 g/mol. The number of fused-ring (bicyclic) bond motifs is 1. The van der Waals surface area contributed by atoms with Gasteiger partial charge in [0.15, 0.2) is 0 Å². The summed E-state index contributed by atoms with van der Waals surface area (Å²) in [4.78, 5) is 6.37. The van der Waals surface area contributed by atoms with Gasteiger partial charge in [-0.15, -0.1) is 0 Å². The summed E-state index contributed by atoms with van der Waals surface area (Å²) in [5.41, 5.74) is 6.57. The Labute approximate surface area is 185 Å². The molecule has 5 rings (SSSR count). The molecule has 2 aromatic rings. The van der Waals surface area contributed by atoms with Crippen LogP contribution in [0.15, 0.2) is 18.3 Å². The van der Waals surface area contributed by atoms with Crippen LogP contribution in [0.5, 0.6) is 0 Å². The molecule has 174 valence electrons. The first-order valence-corrected chi connectivity index (χ1v) is 11.5. The van der Waals surface area contributed by atoms with Crippen LogP contribution >= 0.6 is 0 Å². The zero-order chi connectivity index (χ0) is 22.6. The maximum atomic E-state index is 13.3. The van der Waals surface area contributed by atoms with Crippen molar-refractivity contribution < 1.29 is 17.9 Å². The minimum absolute atomic E-state index is 0.127. The number of nitrogen functional groups attached to an aromatic ring is 1. The second-order valence-electron chi connectivity index (χ2n) is 9.63. The van der Waals surface area contributed by atoms with Gasteiger partial charge in [0.1, 0.15) is 5.82 Å². The van der Waals surface area contributed by atoms with Gasteiger partial charge in [0.2, 0.25) is 0 Å². The molecule has 2 saturated carbocycles. The molecule has 32 heavy (non-hydrogen) atoms. The standard InChI is InChI=1S/C23H30F3N5O/c1-13(2)31-20(11-19(29-31)14-8-18(23(24,25)26)22(27)28-12-14)21-16-9-15(10-17(16)21)30-4-3-6-32-7-5-30/h8,11-13,15-17,21H,3-7,9-10H2,1-2H3,(H2,27,28)/t15?,16-,17+,21?. The summed E-state index contributed by atoms with van der Waals surface area (Å²) < 4.78 is 47.5. The Hall–Kier alpha value is -2.13. The fraction of sp³-hybridized carbons (Fsp3) is 0.652. The van der Waals surface area contributed by atoms with E-state index in [2.05, 4.69) is 28.8 Å². The van der Waals surface area contributed by atoms with Gasteiger partial charge in [0.05, 0.1) is 17.9 Å². The molecule has 3 aliphatic rings. The first kappa shape index (κ1) is 21.7. The number of aromatic nitrogens is 3. The molecule has 0 radical (unpaired) electrons. The van der Waals surface area contributed by atoms with E-state index in [1.54, 1.807) is 0 Å². The number of halogens is 3. The number of nitrogens with two attached hydrogens (primary N) is 1. The van der Waals surface area contributed by atoms with E-state index in [1.807, 2.05) is 10.7 Å². The molecule has 4 atom stereocenters. The molecular formula is C23H30F3N5O. The maximum Gasteiger partial charge on any atom is 0.419 e. The molecule has 3 fully saturated rings. The topological polar surface area (TPSA) is 69.2 Å². The average Bonchev–Trinajstić information content (AvgIpc) is 3.06. The molecule has 2 aliphatic carbocycles. The van der Waals surface area contributed by atoms with Gasteiger partial charge >= 0.3 is 6.18 Å². The highest BCUT2D eigenvalue weighted by atomic mass is 19.4. The molecule has 0 bridgehead atoms. The first-order chi connectivity index (χ1) is 15.2. The number of pyridine rings is 1. The number of rotatable bonds is 4. The zero-order valence-electron chi connectivity index (χ0n) is 18.5. The smallest absolute Gasteiger partial charge is 0.383 e. The monoisotopic (exact) mass is 449 g/mol. The average molecular weight is 450 g/mol. The normalized spacial score (nSPS) is 28.7. The number of hydrogen-bond donors (Lipinski definition) is 1. The predicted molar refractivity (Wildman–Crippen MR) is 115 cm³/mol. The molecule has 6 nitrogen and oxygen atoms in total. The maximum absolute atomic E-state index is 13.3. The summed E-state index contributed by atoms with van der Waals surface area (Å²) in [7, 11) is 0. The van der Waals surface area contributed by atoms with Crippen molar-refractivity contribution in [3.05, 3.63) is 29.6 Å². The van der Waals surface area contributed by atoms with Crippen LogP contribution in [0, 0.1) is 11.8 Å². The Morgan fingerprint density at radius 3 is 2.56 bits per heavy atom. The molecule has 2 N–H and O–H groups in total. The lowest BCUT2D eigenvalue weighted by molar-refractivity contribution is -0.137. The van der Waals surface area contributed by atoms with E-state index < -0.39 is 17.6 Å². The highest BCUT2D eigenvalue weighted by molar-refractivity contribution is 5.63. The van der Waals surface area contributed by atoms with Gasteiger partial charge in [-0.1, -0.05) is 0 Å². The number of hydrogen-bond acceptors (Lipinski definition) is 5. The van der Waals surface area contributed by atoms with Crippen LogP contribution in [0.1, 0.15) is 56.3 Å². The Kier molecular flexibility index (Phi) is 5.44. The van der Waals surface area contributed by atoms with Crippen molar-refractivity contribution in [2.45, 2.75) is 57.3 Å². The van der Waals surface area contributed by atoms with Gasteiger partial charge in [0.25, 0.3) is 0 Å². The summed E-state index contributed by atoms with van der Waals surface area (Å²) in [6, 6.07) is 3.77. The van der Waals surface area contributed by atoms with E-state index in [0.29, 0.717) is 35.1 Å². The molecule has 1 saturated heterocycles. The molecule has 0 aromatic carbocycles. The largest absolute Gasteiger partial charge is 0.419 e. The Bertz CT molecular complexity index is 968. The van der Waals surface area contributed by atoms with Gasteiger partial charge in [-0.2, -0.15) is 18.3 Å². The van der Waals surface area contributed by atoms with Crippen LogP contribution in [0.25, 0.3) is 11.3 Å². The van der Waals surface area contributed by atoms with Gasteiger partial charge in [-0.05, 0) is 57.1 Å². The van der Waals surface area contributed by atoms with Crippen LogP contribution < -0.4 is 5.73 Å². The highest BCUT2D eigenvalue weighted by Crippen LogP contribution is 2.64. The SMILES string of the molecule is CC(C)n1nc(-c2cnc(N)c(C(F)(F)F)c2)cc1C1[C@H]2CC(N3CCCOCC3)C[C@@H]12. The van der Waals surface area contributed by atoms with E-state index in [0.717, 1.165) is 44.5 Å². The molecule has 2 unspecified atom stereocenters. The Balaban J connectivity index is 1.37. The third kappa shape index (κ3) is 3.90. The van der Waals surface area contributed by atoms with Crippen LogP contribution in [0.2, 0.25) is 0 Å². The third-order valence-electron chi connectivity index (χ3n) is 7.31. The van der Waals surface area contributed by atoms with E-state index in [1.165, 1.54) is 19.0 Å². The fourth-order valence-electron chi connectivity index (χ4n) is 5.73. The van der Waals surface area contributed by atoms with Crippen molar-refractivity contribution >= 4 is 5.82 Å².